The first-order chi connectivity index (χ1) is 18.0. The Bertz CT molecular complexity index is 1420. The van der Waals surface area contributed by atoms with Crippen molar-refractivity contribution in [2.45, 2.75) is 44.9 Å². The molecule has 0 bridgehead atoms. The smallest absolute Gasteiger partial charge is 0.325 e. The number of amides is 2. The van der Waals surface area contributed by atoms with Gasteiger partial charge in [-0.05, 0) is 61.9 Å². The van der Waals surface area contributed by atoms with Gasteiger partial charge in [0.15, 0.2) is 0 Å². The predicted molar refractivity (Wildman–Crippen MR) is 139 cm³/mol. The van der Waals surface area contributed by atoms with Crippen molar-refractivity contribution in [3.05, 3.63) is 64.3 Å². The number of aliphatic hydroxyl groups excluding tert-OH is 1. The molecule has 0 spiro atoms. The van der Waals surface area contributed by atoms with E-state index in [9.17, 15) is 24.3 Å². The molecule has 1 aromatic heterocycles. The van der Waals surface area contributed by atoms with Gasteiger partial charge >= 0.3 is 5.97 Å². The highest BCUT2D eigenvalue weighted by Gasteiger charge is 2.40. The fourth-order valence-electron chi connectivity index (χ4n) is 4.76. The normalized spacial score (nSPS) is 17.9. The number of fused-ring (bicyclic) bond motifs is 1. The summed E-state index contributed by atoms with van der Waals surface area (Å²) in [6, 6.07) is 9.53. The average molecular weight is 542 g/mol. The molecule has 3 N–H and O–H groups in total. The highest BCUT2D eigenvalue weighted by molar-refractivity contribution is 6.30. The number of hydrogen-bond acceptors (Lipinski definition) is 6. The summed E-state index contributed by atoms with van der Waals surface area (Å²) >= 11 is 5.98. The largest absolute Gasteiger partial charge is 0.497 e. The molecule has 1 aliphatic rings. The van der Waals surface area contributed by atoms with Crippen LogP contribution in [0, 0.1) is 6.92 Å². The molecule has 4 rings (SSSR count). The Hall–Kier alpha value is -3.89. The van der Waals surface area contributed by atoms with Gasteiger partial charge in [-0.2, -0.15) is 0 Å². The minimum absolute atomic E-state index is 0.00642. The van der Waals surface area contributed by atoms with Crippen molar-refractivity contribution in [1.29, 1.82) is 0 Å². The van der Waals surface area contributed by atoms with Crippen molar-refractivity contribution in [1.82, 2.24) is 14.8 Å². The monoisotopic (exact) mass is 541 g/mol. The van der Waals surface area contributed by atoms with Gasteiger partial charge < -0.3 is 25.2 Å². The minimum Gasteiger partial charge on any atom is -0.497 e. The molecular formula is C27H28ClN3O7. The number of hydrogen-bond donors (Lipinski definition) is 3. The number of aromatic nitrogens is 1. The second kappa shape index (κ2) is 10.8. The molecule has 38 heavy (non-hydrogen) atoms. The van der Waals surface area contributed by atoms with Crippen molar-refractivity contribution >= 4 is 46.2 Å². The molecule has 2 aromatic carbocycles. The summed E-state index contributed by atoms with van der Waals surface area (Å²) in [7, 11) is 1.52. The van der Waals surface area contributed by atoms with Crippen LogP contribution >= 0.6 is 11.6 Å². The lowest BCUT2D eigenvalue weighted by molar-refractivity contribution is -0.143. The molecule has 0 radical (unpaired) electrons. The van der Waals surface area contributed by atoms with E-state index in [2.05, 4.69) is 5.32 Å². The SMILES string of the molecule is COc1ccc2c(c1)c(CC(=O)N1C[C@H](O)C[C@H]1C(=O)N[C@@H](C)C(=O)O)c(C)n2C(=O)c1ccc(Cl)cc1. The fraction of sp³-hybridized carbons (Fsp3) is 0.333. The Labute approximate surface area is 223 Å². The maximum atomic E-state index is 13.5. The van der Waals surface area contributed by atoms with Crippen LogP contribution in [-0.4, -0.2) is 75.2 Å². The summed E-state index contributed by atoms with van der Waals surface area (Å²) < 4.78 is 6.90. The van der Waals surface area contributed by atoms with Crippen molar-refractivity contribution in [2.75, 3.05) is 13.7 Å². The van der Waals surface area contributed by atoms with Crippen molar-refractivity contribution in [2.24, 2.45) is 0 Å². The van der Waals surface area contributed by atoms with Crippen molar-refractivity contribution in [3.8, 4) is 5.75 Å². The number of carboxylic acid groups (broad SMARTS) is 1. The second-order valence-electron chi connectivity index (χ2n) is 9.29. The zero-order valence-corrected chi connectivity index (χ0v) is 21.9. The molecule has 0 unspecified atom stereocenters. The number of aliphatic carboxylic acids is 1. The standard InChI is InChI=1S/C27H28ClN3O7/c1-14(27(36)37)29-25(34)23-10-18(32)13-30(23)24(33)12-20-15(2)31(22-9-8-19(38-3)11-21(20)22)26(35)16-4-6-17(28)7-5-16/h4-9,11,14,18,23,32H,10,12-13H2,1-3H3,(H,29,34)(H,36,37)/t14-,18+,23-/m0/s1. The molecule has 3 aromatic rings. The maximum Gasteiger partial charge on any atom is 0.325 e. The van der Waals surface area contributed by atoms with E-state index in [0.29, 0.717) is 38.5 Å². The van der Waals surface area contributed by atoms with Crippen LogP contribution in [0.2, 0.25) is 5.02 Å². The van der Waals surface area contributed by atoms with Crippen molar-refractivity contribution < 1.29 is 34.1 Å². The molecule has 2 heterocycles. The number of halogens is 1. The van der Waals surface area contributed by atoms with E-state index in [4.69, 9.17) is 21.4 Å². The first kappa shape index (κ1) is 27.2. The highest BCUT2D eigenvalue weighted by Crippen LogP contribution is 2.32. The van der Waals surface area contributed by atoms with Crippen LogP contribution in [0.3, 0.4) is 0 Å². The summed E-state index contributed by atoms with van der Waals surface area (Å²) in [6.07, 6.45) is -1.08. The van der Waals surface area contributed by atoms with Crippen LogP contribution in [0.4, 0.5) is 0 Å². The maximum absolute atomic E-state index is 13.5. The molecule has 2 amide bonds. The van der Waals surface area contributed by atoms with Gasteiger partial charge in [0.25, 0.3) is 5.91 Å². The van der Waals surface area contributed by atoms with Gasteiger partial charge in [0.05, 0.1) is 25.2 Å². The third-order valence-corrected chi connectivity index (χ3v) is 7.05. The van der Waals surface area contributed by atoms with Gasteiger partial charge in [-0.3, -0.25) is 23.7 Å². The van der Waals surface area contributed by atoms with E-state index in [-0.39, 0.29) is 25.3 Å². The molecular weight excluding hydrogens is 514 g/mol. The average Bonchev–Trinajstić information content (AvgIpc) is 3.41. The van der Waals surface area contributed by atoms with Crippen LogP contribution < -0.4 is 10.1 Å². The molecule has 1 aliphatic heterocycles. The van der Waals surface area contributed by atoms with E-state index in [1.807, 2.05) is 0 Å². The summed E-state index contributed by atoms with van der Waals surface area (Å²) in [4.78, 5) is 52.2. The molecule has 200 valence electrons. The van der Waals surface area contributed by atoms with E-state index >= 15 is 0 Å². The molecule has 1 fully saturated rings. The van der Waals surface area contributed by atoms with E-state index in [1.54, 1.807) is 49.4 Å². The molecule has 0 aliphatic carbocycles. The summed E-state index contributed by atoms with van der Waals surface area (Å²) in [5.74, 6) is -2.06. The quantitative estimate of drug-likeness (QED) is 0.417. The first-order valence-electron chi connectivity index (χ1n) is 12.0. The van der Waals surface area contributed by atoms with Gasteiger partial charge in [-0.25, -0.2) is 0 Å². The van der Waals surface area contributed by atoms with Crippen molar-refractivity contribution in [3.63, 3.8) is 0 Å². The molecule has 0 saturated carbocycles. The van der Waals surface area contributed by atoms with Crippen LogP contribution in [0.5, 0.6) is 5.75 Å². The number of rotatable bonds is 7. The van der Waals surface area contributed by atoms with Crippen LogP contribution in [0.25, 0.3) is 10.9 Å². The topological polar surface area (TPSA) is 138 Å². The Morgan fingerprint density at radius 1 is 1.16 bits per heavy atom. The second-order valence-corrected chi connectivity index (χ2v) is 9.73. The van der Waals surface area contributed by atoms with Crippen LogP contribution in [-0.2, 0) is 20.8 Å². The predicted octanol–water partition coefficient (Wildman–Crippen LogP) is 2.39. The number of carboxylic acids is 1. The van der Waals surface area contributed by atoms with Gasteiger partial charge in [0.2, 0.25) is 11.8 Å². The van der Waals surface area contributed by atoms with E-state index in [0.717, 1.165) is 0 Å². The number of methoxy groups -OCH3 is 1. The van der Waals surface area contributed by atoms with Crippen LogP contribution in [0.1, 0.15) is 35.0 Å². The zero-order chi connectivity index (χ0) is 27.7. The molecule has 10 nitrogen and oxygen atoms in total. The third kappa shape index (κ3) is 5.23. The number of ether oxygens (including phenoxy) is 1. The highest BCUT2D eigenvalue weighted by atomic mass is 35.5. The zero-order valence-electron chi connectivity index (χ0n) is 21.1. The number of carbonyl (C=O) groups excluding carboxylic acids is 3. The van der Waals surface area contributed by atoms with Gasteiger partial charge in [-0.1, -0.05) is 11.6 Å². The number of nitrogens with one attached hydrogen (secondary N) is 1. The van der Waals surface area contributed by atoms with E-state index < -0.39 is 36.0 Å². The lowest BCUT2D eigenvalue weighted by atomic mass is 10.1. The fourth-order valence-corrected chi connectivity index (χ4v) is 4.88. The number of benzene rings is 2. The lowest BCUT2D eigenvalue weighted by Crippen LogP contribution is -2.50. The molecule has 11 heteroatoms. The Kier molecular flexibility index (Phi) is 7.75. The summed E-state index contributed by atoms with van der Waals surface area (Å²) in [5.41, 5.74) is 2.11. The Morgan fingerprint density at radius 3 is 2.47 bits per heavy atom. The number of carbonyl (C=O) groups is 4. The summed E-state index contributed by atoms with van der Waals surface area (Å²) in [6.45, 7) is 2.99. The Balaban J connectivity index is 1.70. The number of nitrogens with zero attached hydrogens (tertiary/aromatic N) is 2. The lowest BCUT2D eigenvalue weighted by Gasteiger charge is -2.24. The first-order valence-corrected chi connectivity index (χ1v) is 12.4. The molecule has 1 saturated heterocycles. The number of likely N-dealkylation sites (tertiary alicyclic amines) is 1. The Morgan fingerprint density at radius 2 is 1.84 bits per heavy atom. The van der Waals surface area contributed by atoms with E-state index in [1.165, 1.54) is 23.5 Å². The minimum atomic E-state index is -1.21. The summed E-state index contributed by atoms with van der Waals surface area (Å²) in [5, 5.41) is 22.9. The van der Waals surface area contributed by atoms with Gasteiger partial charge in [0.1, 0.15) is 17.8 Å². The number of β-amino-alcohol motifs (C(OH)–C–C–N with tert-alkyl or cyclic N) is 1. The number of aliphatic hydroxyl groups is 1. The van der Waals surface area contributed by atoms with Gasteiger partial charge in [-0.15, -0.1) is 0 Å². The third-order valence-electron chi connectivity index (χ3n) is 6.80. The van der Waals surface area contributed by atoms with Gasteiger partial charge in [0, 0.05) is 34.6 Å². The van der Waals surface area contributed by atoms with Crippen LogP contribution in [0.15, 0.2) is 42.5 Å². The molecule has 3 atom stereocenters.